The third-order valence-electron chi connectivity index (χ3n) is 3.07. The Morgan fingerprint density at radius 3 is 2.78 bits per heavy atom. The monoisotopic (exact) mass is 253 g/mol. The first-order chi connectivity index (χ1) is 8.88. The molecule has 0 saturated carbocycles. The van der Waals surface area contributed by atoms with Crippen molar-refractivity contribution in [3.05, 3.63) is 53.7 Å². The third kappa shape index (κ3) is 2.04. The Balaban J connectivity index is 2.12. The van der Waals surface area contributed by atoms with Gasteiger partial charge in [-0.1, -0.05) is 49.4 Å². The van der Waals surface area contributed by atoms with E-state index in [4.69, 9.17) is 0 Å². The van der Waals surface area contributed by atoms with Crippen molar-refractivity contribution >= 4 is 22.1 Å². The average Bonchev–Trinajstić information content (AvgIpc) is 2.87. The lowest BCUT2D eigenvalue weighted by molar-refractivity contribution is 0.909. The summed E-state index contributed by atoms with van der Waals surface area (Å²) in [7, 11) is 0. The highest BCUT2D eigenvalue weighted by Gasteiger charge is 2.07. The van der Waals surface area contributed by atoms with Crippen LogP contribution in [0.1, 0.15) is 18.4 Å². The van der Waals surface area contributed by atoms with E-state index in [0.29, 0.717) is 0 Å². The first-order valence-electron chi connectivity index (χ1n) is 6.31. The molecule has 2 aromatic carbocycles. The molecule has 3 rings (SSSR count). The van der Waals surface area contributed by atoms with Crippen molar-refractivity contribution in [2.45, 2.75) is 19.8 Å². The Morgan fingerprint density at radius 1 is 1.06 bits per heavy atom. The van der Waals surface area contributed by atoms with Crippen LogP contribution in [0.15, 0.2) is 48.7 Å². The topological polar surface area (TPSA) is 12.9 Å². The molecule has 0 amide bonds. The minimum absolute atomic E-state index is 1.08. The minimum atomic E-state index is 1.08. The van der Waals surface area contributed by atoms with Crippen LogP contribution in [0, 0.1) is 0 Å². The van der Waals surface area contributed by atoms with Gasteiger partial charge in [-0.15, -0.1) is 11.3 Å². The average molecular weight is 253 g/mol. The first-order valence-corrected chi connectivity index (χ1v) is 7.13. The van der Waals surface area contributed by atoms with Crippen molar-refractivity contribution in [3.8, 4) is 10.4 Å². The van der Waals surface area contributed by atoms with Crippen LogP contribution >= 0.6 is 11.3 Å². The maximum absolute atomic E-state index is 4.51. The van der Waals surface area contributed by atoms with E-state index in [1.165, 1.54) is 26.2 Å². The number of rotatable bonds is 3. The molecule has 0 aliphatic rings. The fourth-order valence-corrected chi connectivity index (χ4v) is 3.26. The van der Waals surface area contributed by atoms with Gasteiger partial charge in [-0.2, -0.15) is 0 Å². The summed E-state index contributed by atoms with van der Waals surface area (Å²) >= 11 is 1.81. The van der Waals surface area contributed by atoms with Gasteiger partial charge >= 0.3 is 0 Å². The number of aromatic nitrogens is 1. The molecule has 0 bridgehead atoms. The SMILES string of the molecule is CCCc1ncc(-c2cccc3ccccc23)s1. The van der Waals surface area contributed by atoms with Crippen molar-refractivity contribution in [2.75, 3.05) is 0 Å². The lowest BCUT2D eigenvalue weighted by Gasteiger charge is -2.03. The van der Waals surface area contributed by atoms with Crippen LogP contribution in [0.25, 0.3) is 21.2 Å². The van der Waals surface area contributed by atoms with E-state index in [1.54, 1.807) is 0 Å². The van der Waals surface area contributed by atoms with Gasteiger partial charge in [0.25, 0.3) is 0 Å². The van der Waals surface area contributed by atoms with Crippen LogP contribution in [0.2, 0.25) is 0 Å². The molecule has 3 aromatic rings. The number of hydrogen-bond donors (Lipinski definition) is 0. The van der Waals surface area contributed by atoms with E-state index in [9.17, 15) is 0 Å². The molecular weight excluding hydrogens is 238 g/mol. The zero-order chi connectivity index (χ0) is 12.4. The van der Waals surface area contributed by atoms with E-state index in [-0.39, 0.29) is 0 Å². The normalized spacial score (nSPS) is 10.9. The maximum atomic E-state index is 4.51. The van der Waals surface area contributed by atoms with Gasteiger partial charge in [0, 0.05) is 11.8 Å². The molecule has 18 heavy (non-hydrogen) atoms. The second-order valence-electron chi connectivity index (χ2n) is 4.39. The van der Waals surface area contributed by atoms with E-state index in [0.717, 1.165) is 12.8 Å². The van der Waals surface area contributed by atoms with Gasteiger partial charge in [0.1, 0.15) is 0 Å². The molecule has 0 aliphatic heterocycles. The van der Waals surface area contributed by atoms with E-state index in [2.05, 4.69) is 54.4 Å². The Bertz CT molecular complexity index is 664. The third-order valence-corrected chi connectivity index (χ3v) is 4.16. The van der Waals surface area contributed by atoms with Crippen molar-refractivity contribution in [1.82, 2.24) is 4.98 Å². The van der Waals surface area contributed by atoms with Crippen LogP contribution in [-0.4, -0.2) is 4.98 Å². The predicted molar refractivity (Wildman–Crippen MR) is 79.1 cm³/mol. The predicted octanol–water partition coefficient (Wildman–Crippen LogP) is 4.92. The Hall–Kier alpha value is -1.67. The maximum Gasteiger partial charge on any atom is 0.0931 e. The summed E-state index contributed by atoms with van der Waals surface area (Å²) in [4.78, 5) is 5.78. The van der Waals surface area contributed by atoms with Crippen LogP contribution < -0.4 is 0 Å². The summed E-state index contributed by atoms with van der Waals surface area (Å²) in [5.41, 5.74) is 1.30. The minimum Gasteiger partial charge on any atom is -0.249 e. The zero-order valence-corrected chi connectivity index (χ0v) is 11.2. The summed E-state index contributed by atoms with van der Waals surface area (Å²) in [6, 6.07) is 15.0. The van der Waals surface area contributed by atoms with Crippen molar-refractivity contribution in [2.24, 2.45) is 0 Å². The molecule has 0 fully saturated rings. The summed E-state index contributed by atoms with van der Waals surface area (Å²) in [5, 5.41) is 3.84. The summed E-state index contributed by atoms with van der Waals surface area (Å²) < 4.78 is 0. The molecular formula is C16H15NS. The molecule has 0 saturated heterocycles. The quantitative estimate of drug-likeness (QED) is 0.646. The second kappa shape index (κ2) is 4.91. The van der Waals surface area contributed by atoms with E-state index < -0.39 is 0 Å². The highest BCUT2D eigenvalue weighted by atomic mass is 32.1. The van der Waals surface area contributed by atoms with Gasteiger partial charge in [-0.3, -0.25) is 0 Å². The molecule has 1 aromatic heterocycles. The Labute approximate surface area is 111 Å². The molecule has 90 valence electrons. The number of fused-ring (bicyclic) bond motifs is 1. The van der Waals surface area contributed by atoms with Gasteiger partial charge in [-0.05, 0) is 23.6 Å². The zero-order valence-electron chi connectivity index (χ0n) is 10.4. The van der Waals surface area contributed by atoms with Crippen molar-refractivity contribution < 1.29 is 0 Å². The van der Waals surface area contributed by atoms with Gasteiger partial charge in [0.2, 0.25) is 0 Å². The molecule has 1 heterocycles. The molecule has 1 nitrogen and oxygen atoms in total. The molecule has 0 atom stereocenters. The van der Waals surface area contributed by atoms with Crippen LogP contribution in [0.5, 0.6) is 0 Å². The van der Waals surface area contributed by atoms with Crippen molar-refractivity contribution in [1.29, 1.82) is 0 Å². The smallest absolute Gasteiger partial charge is 0.0931 e. The number of nitrogens with zero attached hydrogens (tertiary/aromatic N) is 1. The number of benzene rings is 2. The molecule has 0 spiro atoms. The van der Waals surface area contributed by atoms with Gasteiger partial charge in [0.15, 0.2) is 0 Å². The molecule has 0 radical (unpaired) electrons. The number of hydrogen-bond acceptors (Lipinski definition) is 2. The van der Waals surface area contributed by atoms with Gasteiger partial charge < -0.3 is 0 Å². The summed E-state index contributed by atoms with van der Waals surface area (Å²) in [5.74, 6) is 0. The van der Waals surface area contributed by atoms with E-state index >= 15 is 0 Å². The lowest BCUT2D eigenvalue weighted by Crippen LogP contribution is -1.77. The Kier molecular flexibility index (Phi) is 3.11. The molecule has 0 aliphatic carbocycles. The highest BCUT2D eigenvalue weighted by molar-refractivity contribution is 7.15. The fourth-order valence-electron chi connectivity index (χ4n) is 2.20. The van der Waals surface area contributed by atoms with E-state index in [1.807, 2.05) is 17.5 Å². The van der Waals surface area contributed by atoms with Gasteiger partial charge in [0.05, 0.1) is 9.88 Å². The first kappa shape index (κ1) is 11.4. The molecule has 0 unspecified atom stereocenters. The number of thiazole rings is 1. The van der Waals surface area contributed by atoms with Crippen LogP contribution in [0.4, 0.5) is 0 Å². The standard InChI is InChI=1S/C16H15NS/c1-2-6-16-17-11-15(18-16)14-10-5-8-12-7-3-4-9-13(12)14/h3-5,7-11H,2,6H2,1H3. The number of aryl methyl sites for hydroxylation is 1. The van der Waals surface area contributed by atoms with Crippen LogP contribution in [0.3, 0.4) is 0 Å². The van der Waals surface area contributed by atoms with Crippen LogP contribution in [-0.2, 0) is 6.42 Å². The largest absolute Gasteiger partial charge is 0.249 e. The fraction of sp³-hybridized carbons (Fsp3) is 0.188. The second-order valence-corrected chi connectivity index (χ2v) is 5.51. The lowest BCUT2D eigenvalue weighted by atomic mass is 10.0. The summed E-state index contributed by atoms with van der Waals surface area (Å²) in [6.07, 6.45) is 4.25. The Morgan fingerprint density at radius 2 is 1.89 bits per heavy atom. The molecule has 2 heteroatoms. The van der Waals surface area contributed by atoms with Crippen molar-refractivity contribution in [3.63, 3.8) is 0 Å². The highest BCUT2D eigenvalue weighted by Crippen LogP contribution is 2.32. The van der Waals surface area contributed by atoms with Gasteiger partial charge in [-0.25, -0.2) is 4.98 Å². The summed E-state index contributed by atoms with van der Waals surface area (Å²) in [6.45, 7) is 2.19. The molecule has 0 N–H and O–H groups in total.